The summed E-state index contributed by atoms with van der Waals surface area (Å²) in [6.07, 6.45) is 1.75. The van der Waals surface area contributed by atoms with E-state index in [0.29, 0.717) is 22.1 Å². The minimum absolute atomic E-state index is 0.170. The Hall–Kier alpha value is -3.21. The van der Waals surface area contributed by atoms with Crippen molar-refractivity contribution in [1.82, 2.24) is 9.78 Å². The molecule has 1 aromatic heterocycles. The first-order valence-electron chi connectivity index (χ1n) is 7.43. The molecule has 0 atom stereocenters. The van der Waals surface area contributed by atoms with Crippen molar-refractivity contribution in [2.45, 2.75) is 0 Å². The summed E-state index contributed by atoms with van der Waals surface area (Å²) in [7, 11) is 3.18. The molecule has 0 bridgehead atoms. The molecule has 0 saturated carbocycles. The Morgan fingerprint density at radius 1 is 1.08 bits per heavy atom. The van der Waals surface area contributed by atoms with Crippen LogP contribution in [0, 0.1) is 0 Å². The number of aromatic nitrogens is 2. The summed E-state index contributed by atoms with van der Waals surface area (Å²) in [6.45, 7) is 3.94. The van der Waals surface area contributed by atoms with Crippen molar-refractivity contribution in [2.24, 2.45) is 0 Å². The summed E-state index contributed by atoms with van der Waals surface area (Å²) in [5, 5.41) is 4.02. The molecule has 0 fully saturated rings. The van der Waals surface area contributed by atoms with Crippen molar-refractivity contribution >= 4 is 12.7 Å². The van der Waals surface area contributed by atoms with Gasteiger partial charge in [-0.15, -0.1) is 0 Å². The maximum absolute atomic E-state index is 12.7. The standard InChI is InChI=1S/C19H18N2O3/c1-13-17(12-14-11-16(23-2)9-10-18(14)24-3)19(22)21(20-13)15-7-5-4-6-8-15/h4-12,20H,1H2,2-3H3/b17-12+. The van der Waals surface area contributed by atoms with Gasteiger partial charge < -0.3 is 9.47 Å². The van der Waals surface area contributed by atoms with Crippen molar-refractivity contribution in [3.8, 4) is 17.2 Å². The van der Waals surface area contributed by atoms with Gasteiger partial charge in [0.2, 0.25) is 0 Å². The normalized spacial score (nSPS) is 11.5. The Morgan fingerprint density at radius 2 is 1.83 bits per heavy atom. The Morgan fingerprint density at radius 3 is 2.50 bits per heavy atom. The maximum atomic E-state index is 12.7. The van der Waals surface area contributed by atoms with Crippen LogP contribution in [-0.4, -0.2) is 24.0 Å². The molecule has 1 N–H and O–H groups in total. The van der Waals surface area contributed by atoms with E-state index in [9.17, 15) is 4.79 Å². The van der Waals surface area contributed by atoms with Gasteiger partial charge in [0.15, 0.2) is 0 Å². The van der Waals surface area contributed by atoms with Gasteiger partial charge in [0.1, 0.15) is 11.5 Å². The molecular formula is C19H18N2O3. The van der Waals surface area contributed by atoms with Crippen LogP contribution in [0.2, 0.25) is 0 Å². The third-order valence-corrected chi connectivity index (χ3v) is 3.76. The largest absolute Gasteiger partial charge is 0.497 e. The van der Waals surface area contributed by atoms with Crippen LogP contribution in [0.25, 0.3) is 18.3 Å². The van der Waals surface area contributed by atoms with Crippen LogP contribution < -0.4 is 25.6 Å². The van der Waals surface area contributed by atoms with E-state index in [-0.39, 0.29) is 5.56 Å². The molecule has 2 aromatic carbocycles. The number of hydrogen-bond acceptors (Lipinski definition) is 3. The van der Waals surface area contributed by atoms with Crippen LogP contribution >= 0.6 is 0 Å². The Balaban J connectivity index is 2.21. The molecule has 3 aromatic rings. The summed E-state index contributed by atoms with van der Waals surface area (Å²) in [5.41, 5.74) is 1.33. The molecule has 0 saturated heterocycles. The number of rotatable bonds is 4. The summed E-state index contributed by atoms with van der Waals surface area (Å²) < 4.78 is 12.1. The third kappa shape index (κ3) is 2.84. The van der Waals surface area contributed by atoms with Crippen LogP contribution in [0.4, 0.5) is 0 Å². The number of nitrogens with zero attached hydrogens (tertiary/aromatic N) is 1. The average molecular weight is 322 g/mol. The second-order valence-corrected chi connectivity index (χ2v) is 5.23. The van der Waals surface area contributed by atoms with Gasteiger partial charge in [-0.3, -0.25) is 9.89 Å². The minimum atomic E-state index is -0.170. The number of benzene rings is 2. The summed E-state index contributed by atoms with van der Waals surface area (Å²) in [4.78, 5) is 12.7. The molecule has 0 amide bonds. The van der Waals surface area contributed by atoms with E-state index in [1.165, 1.54) is 4.68 Å². The van der Waals surface area contributed by atoms with Crippen molar-refractivity contribution in [3.05, 3.63) is 75.0 Å². The van der Waals surface area contributed by atoms with Crippen molar-refractivity contribution in [3.63, 3.8) is 0 Å². The molecule has 0 aliphatic heterocycles. The van der Waals surface area contributed by atoms with Crippen molar-refractivity contribution < 1.29 is 9.47 Å². The molecule has 0 unspecified atom stereocenters. The highest BCUT2D eigenvalue weighted by Gasteiger charge is 2.07. The van der Waals surface area contributed by atoms with Crippen LogP contribution in [0.3, 0.4) is 0 Å². The predicted octanol–water partition coefficient (Wildman–Crippen LogP) is 1.42. The number of aromatic amines is 1. The second kappa shape index (κ2) is 6.50. The topological polar surface area (TPSA) is 56.2 Å². The van der Waals surface area contributed by atoms with Crippen LogP contribution in [0.15, 0.2) is 53.3 Å². The van der Waals surface area contributed by atoms with Gasteiger partial charge in [-0.25, -0.2) is 4.68 Å². The van der Waals surface area contributed by atoms with E-state index >= 15 is 0 Å². The first kappa shape index (κ1) is 15.7. The van der Waals surface area contributed by atoms with Gasteiger partial charge >= 0.3 is 0 Å². The monoisotopic (exact) mass is 322 g/mol. The highest BCUT2D eigenvalue weighted by Crippen LogP contribution is 2.24. The summed E-state index contributed by atoms with van der Waals surface area (Å²) >= 11 is 0. The van der Waals surface area contributed by atoms with Gasteiger partial charge in [-0.1, -0.05) is 24.8 Å². The predicted molar refractivity (Wildman–Crippen MR) is 94.3 cm³/mol. The van der Waals surface area contributed by atoms with Crippen LogP contribution in [0.1, 0.15) is 5.56 Å². The quantitative estimate of drug-likeness (QED) is 0.790. The van der Waals surface area contributed by atoms with Gasteiger partial charge in [-0.05, 0) is 36.4 Å². The SMILES string of the molecule is C=c1[nH]n(-c2ccccc2)c(=O)/c1=C/c1cc(OC)ccc1OC. The number of nitrogens with one attached hydrogen (secondary N) is 1. The Labute approximate surface area is 139 Å². The lowest BCUT2D eigenvalue weighted by molar-refractivity contribution is 0.402. The molecular weight excluding hydrogens is 304 g/mol. The zero-order chi connectivity index (χ0) is 17.1. The number of H-pyrrole nitrogens is 1. The molecule has 0 radical (unpaired) electrons. The van der Waals surface area contributed by atoms with E-state index < -0.39 is 0 Å². The number of hydrogen-bond donors (Lipinski definition) is 1. The highest BCUT2D eigenvalue weighted by atomic mass is 16.5. The number of para-hydroxylation sites is 1. The van der Waals surface area contributed by atoms with Crippen LogP contribution in [-0.2, 0) is 0 Å². The fourth-order valence-electron chi connectivity index (χ4n) is 2.51. The average Bonchev–Trinajstić information content (AvgIpc) is 2.90. The van der Waals surface area contributed by atoms with Crippen LogP contribution in [0.5, 0.6) is 11.5 Å². The molecule has 5 heteroatoms. The summed E-state index contributed by atoms with van der Waals surface area (Å²) in [5.74, 6) is 1.34. The number of ether oxygens (including phenoxy) is 2. The molecule has 3 rings (SSSR count). The van der Waals surface area contributed by atoms with Gasteiger partial charge in [0, 0.05) is 5.56 Å². The Bertz CT molecular complexity index is 1020. The molecule has 0 aliphatic carbocycles. The molecule has 1 heterocycles. The van der Waals surface area contributed by atoms with E-state index in [1.54, 1.807) is 32.4 Å². The second-order valence-electron chi connectivity index (χ2n) is 5.23. The molecule has 5 nitrogen and oxygen atoms in total. The fourth-order valence-corrected chi connectivity index (χ4v) is 2.51. The zero-order valence-electron chi connectivity index (χ0n) is 13.6. The van der Waals surface area contributed by atoms with Crippen molar-refractivity contribution in [2.75, 3.05) is 14.2 Å². The molecule has 0 spiro atoms. The van der Waals surface area contributed by atoms with Gasteiger partial charge in [0.25, 0.3) is 5.56 Å². The minimum Gasteiger partial charge on any atom is -0.497 e. The lowest BCUT2D eigenvalue weighted by Crippen LogP contribution is -2.34. The highest BCUT2D eigenvalue weighted by molar-refractivity contribution is 5.59. The van der Waals surface area contributed by atoms with E-state index in [1.807, 2.05) is 36.4 Å². The van der Waals surface area contributed by atoms with E-state index in [2.05, 4.69) is 11.7 Å². The van der Waals surface area contributed by atoms with E-state index in [0.717, 1.165) is 11.3 Å². The first-order valence-corrected chi connectivity index (χ1v) is 7.43. The number of methoxy groups -OCH3 is 2. The zero-order valence-corrected chi connectivity index (χ0v) is 13.6. The lowest BCUT2D eigenvalue weighted by atomic mass is 10.1. The smallest absolute Gasteiger partial charge is 0.279 e. The fraction of sp³-hybridized carbons (Fsp3) is 0.105. The first-order chi connectivity index (χ1) is 11.6. The summed E-state index contributed by atoms with van der Waals surface area (Å²) in [6, 6.07) is 14.8. The Kier molecular flexibility index (Phi) is 4.24. The molecule has 24 heavy (non-hydrogen) atoms. The van der Waals surface area contributed by atoms with Gasteiger partial charge in [-0.2, -0.15) is 0 Å². The lowest BCUT2D eigenvalue weighted by Gasteiger charge is -2.06. The maximum Gasteiger partial charge on any atom is 0.279 e. The van der Waals surface area contributed by atoms with Gasteiger partial charge in [0.05, 0.1) is 30.5 Å². The third-order valence-electron chi connectivity index (χ3n) is 3.76. The molecule has 122 valence electrons. The van der Waals surface area contributed by atoms with Crippen molar-refractivity contribution in [1.29, 1.82) is 0 Å². The van der Waals surface area contributed by atoms with E-state index in [4.69, 9.17) is 9.47 Å². The molecule has 0 aliphatic rings.